The van der Waals surface area contributed by atoms with Crippen molar-refractivity contribution in [1.82, 2.24) is 15.5 Å². The molecule has 1 saturated carbocycles. The molecule has 0 bridgehead atoms. The normalized spacial score (nSPS) is 20.2. The van der Waals surface area contributed by atoms with Crippen molar-refractivity contribution in [1.29, 1.82) is 0 Å². The standard InChI is InChI=1S/C19H29FN4O.HI/c1-14(25-18-6-4-3-5-17(18)20)13-22-19(21-2)23-15-9-11-24(12-10-15)16-7-8-16;/h3-6,14-16H,7-13H2,1-2H3,(H2,21,22,23);1H. The number of nitrogens with one attached hydrogen (secondary N) is 2. The topological polar surface area (TPSA) is 48.9 Å². The molecule has 5 nitrogen and oxygen atoms in total. The summed E-state index contributed by atoms with van der Waals surface area (Å²) in [6, 6.07) is 7.80. The number of rotatable bonds is 6. The number of likely N-dealkylation sites (tertiary alicyclic amines) is 1. The van der Waals surface area contributed by atoms with Crippen LogP contribution in [0.1, 0.15) is 32.6 Å². The summed E-state index contributed by atoms with van der Waals surface area (Å²) in [6.45, 7) is 4.83. The van der Waals surface area contributed by atoms with Crippen molar-refractivity contribution >= 4 is 29.9 Å². The first-order valence-corrected chi connectivity index (χ1v) is 9.28. The second kappa shape index (κ2) is 10.3. The lowest BCUT2D eigenvalue weighted by atomic mass is 10.1. The van der Waals surface area contributed by atoms with Gasteiger partial charge in [0.2, 0.25) is 0 Å². The quantitative estimate of drug-likeness (QED) is 0.377. The molecule has 26 heavy (non-hydrogen) atoms. The summed E-state index contributed by atoms with van der Waals surface area (Å²) in [6.07, 6.45) is 4.89. The van der Waals surface area contributed by atoms with E-state index < -0.39 is 0 Å². The van der Waals surface area contributed by atoms with Gasteiger partial charge in [0.05, 0.1) is 6.54 Å². The maximum atomic E-state index is 13.6. The predicted molar refractivity (Wildman–Crippen MR) is 114 cm³/mol. The fourth-order valence-electron chi connectivity index (χ4n) is 3.28. The van der Waals surface area contributed by atoms with E-state index in [4.69, 9.17) is 4.74 Å². The summed E-state index contributed by atoms with van der Waals surface area (Å²) < 4.78 is 19.3. The molecule has 1 aliphatic carbocycles. The third-order valence-electron chi connectivity index (χ3n) is 4.88. The molecule has 2 N–H and O–H groups in total. The van der Waals surface area contributed by atoms with Gasteiger partial charge in [-0.15, -0.1) is 24.0 Å². The minimum absolute atomic E-state index is 0. The number of hydrogen-bond acceptors (Lipinski definition) is 3. The smallest absolute Gasteiger partial charge is 0.191 e. The van der Waals surface area contributed by atoms with E-state index in [-0.39, 0.29) is 41.6 Å². The fraction of sp³-hybridized carbons (Fsp3) is 0.632. The largest absolute Gasteiger partial charge is 0.486 e. The van der Waals surface area contributed by atoms with Gasteiger partial charge in [-0.25, -0.2) is 4.39 Å². The highest BCUT2D eigenvalue weighted by molar-refractivity contribution is 14.0. The van der Waals surface area contributed by atoms with Crippen molar-refractivity contribution in [3.8, 4) is 5.75 Å². The molecule has 1 saturated heterocycles. The van der Waals surface area contributed by atoms with Crippen LogP contribution in [0.4, 0.5) is 4.39 Å². The number of guanidine groups is 1. The van der Waals surface area contributed by atoms with Crippen LogP contribution in [0, 0.1) is 5.82 Å². The van der Waals surface area contributed by atoms with Crippen LogP contribution >= 0.6 is 24.0 Å². The number of para-hydroxylation sites is 1. The zero-order valence-corrected chi connectivity index (χ0v) is 17.9. The minimum Gasteiger partial charge on any atom is -0.486 e. The lowest BCUT2D eigenvalue weighted by Crippen LogP contribution is -2.50. The fourth-order valence-corrected chi connectivity index (χ4v) is 3.28. The summed E-state index contributed by atoms with van der Waals surface area (Å²) in [5.74, 6) is 0.736. The van der Waals surface area contributed by atoms with E-state index in [0.717, 1.165) is 24.8 Å². The molecule has 2 fully saturated rings. The maximum Gasteiger partial charge on any atom is 0.191 e. The average Bonchev–Trinajstić information content (AvgIpc) is 3.46. The molecule has 7 heteroatoms. The molecule has 0 aromatic heterocycles. The molecular formula is C19H30FIN4O. The van der Waals surface area contributed by atoms with Gasteiger partial charge in [-0.2, -0.15) is 0 Å². The van der Waals surface area contributed by atoms with Crippen LogP contribution < -0.4 is 15.4 Å². The van der Waals surface area contributed by atoms with E-state index in [1.807, 2.05) is 6.92 Å². The summed E-state index contributed by atoms with van der Waals surface area (Å²) in [5, 5.41) is 6.78. The second-order valence-electron chi connectivity index (χ2n) is 7.00. The van der Waals surface area contributed by atoms with Gasteiger partial charge in [0.25, 0.3) is 0 Å². The molecular weight excluding hydrogens is 446 g/mol. The molecule has 1 aliphatic heterocycles. The maximum absolute atomic E-state index is 13.6. The van der Waals surface area contributed by atoms with Gasteiger partial charge in [0.15, 0.2) is 17.5 Å². The SMILES string of the molecule is CN=C(NCC(C)Oc1ccccc1F)NC1CCN(C2CC2)CC1.I. The molecule has 0 radical (unpaired) electrons. The predicted octanol–water partition coefficient (Wildman–Crippen LogP) is 3.00. The van der Waals surface area contributed by atoms with Crippen LogP contribution in [-0.4, -0.2) is 55.7 Å². The van der Waals surface area contributed by atoms with Crippen LogP contribution in [0.15, 0.2) is 29.3 Å². The van der Waals surface area contributed by atoms with Crippen molar-refractivity contribution in [3.05, 3.63) is 30.1 Å². The molecule has 1 aromatic carbocycles. The molecule has 1 unspecified atom stereocenters. The molecule has 146 valence electrons. The first kappa shape index (κ1) is 21.2. The Kier molecular flexibility index (Phi) is 8.40. The highest BCUT2D eigenvalue weighted by Gasteiger charge is 2.31. The number of ether oxygens (including phenoxy) is 1. The molecule has 1 aromatic rings. The van der Waals surface area contributed by atoms with Crippen molar-refractivity contribution in [2.24, 2.45) is 4.99 Å². The van der Waals surface area contributed by atoms with Gasteiger partial charge in [0.1, 0.15) is 6.10 Å². The Morgan fingerprint density at radius 2 is 1.96 bits per heavy atom. The third-order valence-corrected chi connectivity index (χ3v) is 4.88. The molecule has 2 aliphatic rings. The molecule has 1 atom stereocenters. The number of halogens is 2. The van der Waals surface area contributed by atoms with Crippen LogP contribution in [0.5, 0.6) is 5.75 Å². The van der Waals surface area contributed by atoms with Gasteiger partial charge in [-0.05, 0) is 44.7 Å². The second-order valence-corrected chi connectivity index (χ2v) is 7.00. The summed E-state index contributed by atoms with van der Waals surface area (Å²) in [7, 11) is 1.77. The van der Waals surface area contributed by atoms with Crippen LogP contribution in [0.3, 0.4) is 0 Å². The van der Waals surface area contributed by atoms with Gasteiger partial charge >= 0.3 is 0 Å². The zero-order chi connectivity index (χ0) is 17.6. The lowest BCUT2D eigenvalue weighted by molar-refractivity contribution is 0.196. The highest BCUT2D eigenvalue weighted by atomic mass is 127. The van der Waals surface area contributed by atoms with Crippen molar-refractivity contribution in [2.45, 2.75) is 50.8 Å². The third kappa shape index (κ3) is 6.26. The minimum atomic E-state index is -0.334. The van der Waals surface area contributed by atoms with Crippen molar-refractivity contribution in [2.75, 3.05) is 26.7 Å². The lowest BCUT2D eigenvalue weighted by Gasteiger charge is -2.33. The van der Waals surface area contributed by atoms with Crippen LogP contribution in [-0.2, 0) is 0 Å². The van der Waals surface area contributed by atoms with Gasteiger partial charge in [-0.1, -0.05) is 12.1 Å². The Hall–Kier alpha value is -1.09. The summed E-state index contributed by atoms with van der Waals surface area (Å²) >= 11 is 0. The Morgan fingerprint density at radius 1 is 1.27 bits per heavy atom. The summed E-state index contributed by atoms with van der Waals surface area (Å²) in [4.78, 5) is 6.91. The Bertz CT molecular complexity index is 589. The average molecular weight is 476 g/mol. The number of hydrogen-bond donors (Lipinski definition) is 2. The molecule has 1 heterocycles. The van der Waals surface area contributed by atoms with E-state index in [1.54, 1.807) is 25.2 Å². The van der Waals surface area contributed by atoms with Crippen molar-refractivity contribution < 1.29 is 9.13 Å². The number of aliphatic imine (C=N–C) groups is 1. The van der Waals surface area contributed by atoms with Crippen molar-refractivity contribution in [3.63, 3.8) is 0 Å². The van der Waals surface area contributed by atoms with E-state index in [2.05, 4.69) is 20.5 Å². The molecule has 3 rings (SSSR count). The van der Waals surface area contributed by atoms with Crippen LogP contribution in [0.25, 0.3) is 0 Å². The zero-order valence-electron chi connectivity index (χ0n) is 15.6. The number of benzene rings is 1. The number of piperidine rings is 1. The van der Waals surface area contributed by atoms with E-state index in [0.29, 0.717) is 12.6 Å². The highest BCUT2D eigenvalue weighted by Crippen LogP contribution is 2.29. The first-order chi connectivity index (χ1) is 12.2. The molecule has 0 spiro atoms. The van der Waals surface area contributed by atoms with Crippen LogP contribution in [0.2, 0.25) is 0 Å². The Balaban J connectivity index is 0.00000243. The monoisotopic (exact) mass is 476 g/mol. The number of nitrogens with zero attached hydrogens (tertiary/aromatic N) is 2. The Morgan fingerprint density at radius 3 is 2.58 bits per heavy atom. The van der Waals surface area contributed by atoms with E-state index in [9.17, 15) is 4.39 Å². The van der Waals surface area contributed by atoms with Gasteiger partial charge < -0.3 is 20.3 Å². The molecule has 0 amide bonds. The van der Waals surface area contributed by atoms with Gasteiger partial charge in [-0.3, -0.25) is 4.99 Å². The first-order valence-electron chi connectivity index (χ1n) is 9.28. The van der Waals surface area contributed by atoms with Gasteiger partial charge in [0, 0.05) is 32.2 Å². The Labute approximate surface area is 172 Å². The summed E-state index contributed by atoms with van der Waals surface area (Å²) in [5.41, 5.74) is 0. The van der Waals surface area contributed by atoms with E-state index in [1.165, 1.54) is 32.0 Å². The van der Waals surface area contributed by atoms with E-state index >= 15 is 0 Å².